The molecule has 1 unspecified atom stereocenters. The second-order valence-corrected chi connectivity index (χ2v) is 8.12. The van der Waals surface area contributed by atoms with Crippen LogP contribution in [0.5, 0.6) is 0 Å². The van der Waals surface area contributed by atoms with Crippen molar-refractivity contribution in [3.63, 3.8) is 0 Å². The number of hydrogen-bond acceptors (Lipinski definition) is 6. The van der Waals surface area contributed by atoms with Gasteiger partial charge >= 0.3 is 0 Å². The molecule has 1 amide bonds. The highest BCUT2D eigenvalue weighted by Gasteiger charge is 2.20. The van der Waals surface area contributed by atoms with E-state index in [4.69, 9.17) is 4.74 Å². The molecule has 3 rings (SSSR count). The molecule has 0 aromatic carbocycles. The summed E-state index contributed by atoms with van der Waals surface area (Å²) in [6, 6.07) is 1.81. The number of ether oxygens (including phenoxy) is 1. The summed E-state index contributed by atoms with van der Waals surface area (Å²) in [5.74, 6) is 0.512. The number of rotatable bonds is 7. The summed E-state index contributed by atoms with van der Waals surface area (Å²) in [7, 11) is 0. The van der Waals surface area contributed by atoms with Crippen LogP contribution in [0.4, 0.5) is 0 Å². The molecule has 1 N–H and O–H groups in total. The van der Waals surface area contributed by atoms with Crippen molar-refractivity contribution in [2.75, 3.05) is 12.9 Å². The number of carbonyl (C=O) groups is 1. The van der Waals surface area contributed by atoms with Gasteiger partial charge in [-0.25, -0.2) is 4.98 Å². The van der Waals surface area contributed by atoms with Gasteiger partial charge in [0.25, 0.3) is 11.5 Å². The molecule has 140 valence electrons. The van der Waals surface area contributed by atoms with E-state index in [1.54, 1.807) is 40.8 Å². The Morgan fingerprint density at radius 2 is 2.38 bits per heavy atom. The second-order valence-electron chi connectivity index (χ2n) is 6.31. The summed E-state index contributed by atoms with van der Waals surface area (Å²) in [6.45, 7) is 3.34. The summed E-state index contributed by atoms with van der Waals surface area (Å²) in [4.78, 5) is 29.8. The van der Waals surface area contributed by atoms with Crippen LogP contribution in [0, 0.1) is 6.92 Å². The van der Waals surface area contributed by atoms with E-state index in [1.165, 1.54) is 0 Å². The number of nitrogens with one attached hydrogen (secondary N) is 1. The van der Waals surface area contributed by atoms with Crippen molar-refractivity contribution in [3.05, 3.63) is 49.8 Å². The number of amides is 1. The molecule has 1 aliphatic rings. The molecule has 6 nitrogen and oxygen atoms in total. The molecule has 1 atom stereocenters. The molecule has 26 heavy (non-hydrogen) atoms. The Bertz CT molecular complexity index is 825. The average Bonchev–Trinajstić information content (AvgIpc) is 3.28. The fourth-order valence-electron chi connectivity index (χ4n) is 2.97. The minimum Gasteiger partial charge on any atom is -0.376 e. The zero-order chi connectivity index (χ0) is 18.5. The Labute approximate surface area is 161 Å². The topological polar surface area (TPSA) is 73.2 Å². The average molecular weight is 394 g/mol. The van der Waals surface area contributed by atoms with E-state index in [2.05, 4.69) is 10.3 Å². The highest BCUT2D eigenvalue weighted by Crippen LogP contribution is 2.15. The van der Waals surface area contributed by atoms with Crippen LogP contribution in [-0.4, -0.2) is 34.4 Å². The Morgan fingerprint density at radius 3 is 3.12 bits per heavy atom. The number of aryl methyl sites for hydroxylation is 1. The highest BCUT2D eigenvalue weighted by atomic mass is 32.2. The van der Waals surface area contributed by atoms with Gasteiger partial charge in [0.2, 0.25) is 0 Å². The van der Waals surface area contributed by atoms with E-state index >= 15 is 0 Å². The molecule has 1 saturated heterocycles. The second kappa shape index (κ2) is 8.83. The molecule has 1 fully saturated rings. The first-order chi connectivity index (χ1) is 12.6. The molecule has 2 aromatic heterocycles. The number of hydrogen-bond donors (Lipinski definition) is 1. The summed E-state index contributed by atoms with van der Waals surface area (Å²) < 4.78 is 7.18. The van der Waals surface area contributed by atoms with E-state index < -0.39 is 0 Å². The van der Waals surface area contributed by atoms with Gasteiger partial charge in [-0.15, -0.1) is 11.3 Å². The fraction of sp³-hybridized carbons (Fsp3) is 0.500. The molecule has 0 saturated carbocycles. The number of thiazole rings is 1. The van der Waals surface area contributed by atoms with E-state index in [1.807, 2.05) is 17.7 Å². The van der Waals surface area contributed by atoms with Crippen LogP contribution in [0.1, 0.15) is 39.5 Å². The monoisotopic (exact) mass is 393 g/mol. The third-order valence-electron chi connectivity index (χ3n) is 4.32. The van der Waals surface area contributed by atoms with E-state index in [9.17, 15) is 9.59 Å². The first kappa shape index (κ1) is 19.1. The van der Waals surface area contributed by atoms with Crippen molar-refractivity contribution < 1.29 is 9.53 Å². The smallest absolute Gasteiger partial charge is 0.263 e. The number of aromatic nitrogens is 2. The van der Waals surface area contributed by atoms with Crippen LogP contribution in [0.25, 0.3) is 0 Å². The summed E-state index contributed by atoms with van der Waals surface area (Å²) in [6.07, 6.45) is 5.79. The molecule has 2 aromatic rings. The van der Waals surface area contributed by atoms with Crippen molar-refractivity contribution >= 4 is 29.0 Å². The first-order valence-electron chi connectivity index (χ1n) is 8.60. The van der Waals surface area contributed by atoms with Crippen LogP contribution >= 0.6 is 23.1 Å². The van der Waals surface area contributed by atoms with Crippen molar-refractivity contribution in [1.29, 1.82) is 0 Å². The van der Waals surface area contributed by atoms with E-state index in [-0.39, 0.29) is 23.1 Å². The van der Waals surface area contributed by atoms with Crippen LogP contribution < -0.4 is 10.9 Å². The third kappa shape index (κ3) is 4.55. The number of carbonyl (C=O) groups excluding carboxylic acids is 1. The van der Waals surface area contributed by atoms with Crippen molar-refractivity contribution in [2.24, 2.45) is 0 Å². The first-order valence-corrected chi connectivity index (χ1v) is 10.9. The molecular formula is C18H23N3O3S2. The maximum Gasteiger partial charge on any atom is 0.263 e. The Balaban J connectivity index is 1.70. The largest absolute Gasteiger partial charge is 0.376 e. The zero-order valence-corrected chi connectivity index (χ0v) is 16.6. The normalized spacial score (nSPS) is 16.8. The van der Waals surface area contributed by atoms with Crippen molar-refractivity contribution in [3.8, 4) is 0 Å². The lowest BCUT2D eigenvalue weighted by atomic mass is 10.1. The molecule has 0 radical (unpaired) electrons. The third-order valence-corrected chi connectivity index (χ3v) is 5.96. The molecule has 0 aliphatic carbocycles. The predicted molar refractivity (Wildman–Crippen MR) is 105 cm³/mol. The quantitative estimate of drug-likeness (QED) is 0.783. The Hall–Kier alpha value is -1.64. The lowest BCUT2D eigenvalue weighted by Crippen LogP contribution is -2.35. The van der Waals surface area contributed by atoms with Gasteiger partial charge in [0, 0.05) is 23.9 Å². The van der Waals surface area contributed by atoms with Gasteiger partial charge in [-0.3, -0.25) is 9.59 Å². The Morgan fingerprint density at radius 1 is 1.54 bits per heavy atom. The fourth-order valence-corrected chi connectivity index (χ4v) is 4.49. The van der Waals surface area contributed by atoms with Crippen LogP contribution in [0.15, 0.2) is 22.4 Å². The van der Waals surface area contributed by atoms with Gasteiger partial charge in [0.1, 0.15) is 10.6 Å². The Kier molecular flexibility index (Phi) is 6.50. The lowest BCUT2D eigenvalue weighted by Gasteiger charge is -2.14. The van der Waals surface area contributed by atoms with Gasteiger partial charge in [0.15, 0.2) is 0 Å². The van der Waals surface area contributed by atoms with Crippen LogP contribution in [0.3, 0.4) is 0 Å². The SMILES string of the molecule is CSCc1nc(CNC(=O)c2c(C)ccn(CC3CCCO3)c2=O)cs1. The molecule has 0 bridgehead atoms. The van der Waals surface area contributed by atoms with Crippen LogP contribution in [0.2, 0.25) is 0 Å². The van der Waals surface area contributed by atoms with Gasteiger partial charge in [-0.2, -0.15) is 11.8 Å². The van der Waals surface area contributed by atoms with Gasteiger partial charge in [-0.1, -0.05) is 0 Å². The molecule has 0 spiro atoms. The van der Waals surface area contributed by atoms with E-state index in [0.29, 0.717) is 18.7 Å². The summed E-state index contributed by atoms with van der Waals surface area (Å²) in [5.41, 5.74) is 1.43. The number of nitrogens with zero attached hydrogens (tertiary/aromatic N) is 2. The lowest BCUT2D eigenvalue weighted by molar-refractivity contribution is 0.0928. The summed E-state index contributed by atoms with van der Waals surface area (Å²) >= 11 is 3.30. The van der Waals surface area contributed by atoms with Gasteiger partial charge in [0.05, 0.1) is 24.9 Å². The maximum absolute atomic E-state index is 12.7. The van der Waals surface area contributed by atoms with E-state index in [0.717, 1.165) is 35.9 Å². The standard InChI is InChI=1S/C18H23N3O3S2/c1-12-5-6-21(9-14-4-3-7-24-14)18(23)16(12)17(22)19-8-13-10-26-15(20-13)11-25-2/h5-6,10,14H,3-4,7-9,11H2,1-2H3,(H,19,22). The highest BCUT2D eigenvalue weighted by molar-refractivity contribution is 7.97. The van der Waals surface area contributed by atoms with Gasteiger partial charge < -0.3 is 14.6 Å². The zero-order valence-electron chi connectivity index (χ0n) is 15.0. The molecule has 1 aliphatic heterocycles. The predicted octanol–water partition coefficient (Wildman–Crippen LogP) is 2.59. The number of thioether (sulfide) groups is 1. The minimum atomic E-state index is -0.353. The number of pyridine rings is 1. The minimum absolute atomic E-state index is 0.0520. The van der Waals surface area contributed by atoms with Gasteiger partial charge in [-0.05, 0) is 37.7 Å². The van der Waals surface area contributed by atoms with Crippen LogP contribution in [-0.2, 0) is 23.6 Å². The summed E-state index contributed by atoms with van der Waals surface area (Å²) in [5, 5.41) is 5.81. The maximum atomic E-state index is 12.7. The van der Waals surface area contributed by atoms with Crippen molar-refractivity contribution in [2.45, 2.75) is 44.7 Å². The molecular weight excluding hydrogens is 370 g/mol. The molecule has 8 heteroatoms. The van der Waals surface area contributed by atoms with Crippen molar-refractivity contribution in [1.82, 2.24) is 14.9 Å². The molecule has 3 heterocycles.